The Balaban J connectivity index is 1.65. The number of rotatable bonds is 6. The Morgan fingerprint density at radius 1 is 1.08 bits per heavy atom. The minimum Gasteiger partial charge on any atom is -0.368 e. The van der Waals surface area contributed by atoms with Crippen LogP contribution in [-0.4, -0.2) is 30.6 Å². The maximum absolute atomic E-state index is 12.1. The van der Waals surface area contributed by atoms with Crippen LogP contribution in [0.15, 0.2) is 54.6 Å². The molecule has 0 spiro atoms. The third kappa shape index (κ3) is 4.45. The van der Waals surface area contributed by atoms with Crippen molar-refractivity contribution in [2.45, 2.75) is 31.4 Å². The molecule has 1 fully saturated rings. The minimum atomic E-state index is -0.737. The molecular weight excluding hydrogens is 316 g/mol. The van der Waals surface area contributed by atoms with E-state index in [0.717, 1.165) is 23.1 Å². The molecule has 0 aliphatic carbocycles. The van der Waals surface area contributed by atoms with E-state index in [1.165, 1.54) is 0 Å². The van der Waals surface area contributed by atoms with Crippen LogP contribution in [-0.2, 0) is 20.7 Å². The average molecular weight is 338 g/mol. The molecule has 1 saturated heterocycles. The van der Waals surface area contributed by atoms with Crippen molar-refractivity contribution >= 4 is 11.8 Å². The second-order valence-electron chi connectivity index (χ2n) is 6.23. The van der Waals surface area contributed by atoms with Gasteiger partial charge in [-0.2, -0.15) is 0 Å². The third-order valence-corrected chi connectivity index (χ3v) is 4.38. The molecule has 2 amide bonds. The molecule has 0 aromatic heterocycles. The molecule has 5 heteroatoms. The monoisotopic (exact) mass is 338 g/mol. The molecule has 1 aliphatic rings. The average Bonchev–Trinajstić information content (AvgIpc) is 3.17. The largest absolute Gasteiger partial charge is 0.368 e. The van der Waals surface area contributed by atoms with Crippen LogP contribution < -0.4 is 11.1 Å². The topological polar surface area (TPSA) is 81.4 Å². The molecule has 2 aromatic carbocycles. The van der Waals surface area contributed by atoms with E-state index in [0.29, 0.717) is 19.4 Å². The first-order valence-corrected chi connectivity index (χ1v) is 8.49. The highest BCUT2D eigenvalue weighted by Crippen LogP contribution is 2.20. The molecule has 1 heterocycles. The van der Waals surface area contributed by atoms with E-state index in [-0.39, 0.29) is 5.91 Å². The molecule has 3 rings (SSSR count). The molecule has 130 valence electrons. The van der Waals surface area contributed by atoms with Crippen molar-refractivity contribution in [3.05, 3.63) is 60.2 Å². The smallest absolute Gasteiger partial charge is 0.249 e. The van der Waals surface area contributed by atoms with Crippen molar-refractivity contribution in [2.24, 2.45) is 5.73 Å². The highest BCUT2D eigenvalue weighted by Gasteiger charge is 2.27. The Labute approximate surface area is 147 Å². The number of amides is 2. The summed E-state index contributed by atoms with van der Waals surface area (Å²) in [4.78, 5) is 23.9. The van der Waals surface area contributed by atoms with Gasteiger partial charge < -0.3 is 15.8 Å². The molecule has 1 aliphatic heterocycles. The van der Waals surface area contributed by atoms with Crippen molar-refractivity contribution in [3.8, 4) is 11.1 Å². The molecule has 0 bridgehead atoms. The molecule has 5 nitrogen and oxygen atoms in total. The zero-order valence-electron chi connectivity index (χ0n) is 14.0. The van der Waals surface area contributed by atoms with Crippen LogP contribution in [0.2, 0.25) is 0 Å². The van der Waals surface area contributed by atoms with Gasteiger partial charge in [-0.15, -0.1) is 0 Å². The van der Waals surface area contributed by atoms with Crippen LogP contribution in [0.4, 0.5) is 0 Å². The maximum Gasteiger partial charge on any atom is 0.249 e. The number of hydrogen-bond donors (Lipinski definition) is 2. The van der Waals surface area contributed by atoms with Gasteiger partial charge in [-0.1, -0.05) is 54.6 Å². The zero-order chi connectivity index (χ0) is 17.6. The standard InChI is InChI=1S/C20H22N2O3/c21-19(23)17(22-20(24)18-7-4-12-25-18)13-14-8-10-16(11-9-14)15-5-2-1-3-6-15/h1-3,5-6,8-11,17-18H,4,7,12-13H2,(H2,21,23)(H,22,24)/t17-,18+/m0/s1. The predicted octanol–water partition coefficient (Wildman–Crippen LogP) is 2.05. The second kappa shape index (κ2) is 7.94. The number of carbonyl (C=O) groups is 2. The van der Waals surface area contributed by atoms with Crippen molar-refractivity contribution in [3.63, 3.8) is 0 Å². The Kier molecular flexibility index (Phi) is 5.46. The van der Waals surface area contributed by atoms with E-state index in [2.05, 4.69) is 5.32 Å². The molecule has 25 heavy (non-hydrogen) atoms. The summed E-state index contributed by atoms with van der Waals surface area (Å²) >= 11 is 0. The summed E-state index contributed by atoms with van der Waals surface area (Å²) in [6, 6.07) is 17.2. The van der Waals surface area contributed by atoms with Crippen molar-refractivity contribution < 1.29 is 14.3 Å². The Hall–Kier alpha value is -2.66. The van der Waals surface area contributed by atoms with Crippen LogP contribution in [0.5, 0.6) is 0 Å². The van der Waals surface area contributed by atoms with Crippen LogP contribution in [0.25, 0.3) is 11.1 Å². The summed E-state index contributed by atoms with van der Waals surface area (Å²) in [5.41, 5.74) is 8.63. The van der Waals surface area contributed by atoms with Gasteiger partial charge in [0, 0.05) is 13.0 Å². The Bertz CT molecular complexity index is 722. The number of primary amides is 1. The first kappa shape index (κ1) is 17.2. The fraction of sp³-hybridized carbons (Fsp3) is 0.300. The third-order valence-electron chi connectivity index (χ3n) is 4.38. The van der Waals surface area contributed by atoms with Crippen LogP contribution in [0, 0.1) is 0 Å². The quantitative estimate of drug-likeness (QED) is 0.846. The molecule has 0 unspecified atom stereocenters. The summed E-state index contributed by atoms with van der Waals surface area (Å²) in [6.45, 7) is 0.584. The number of benzene rings is 2. The van der Waals surface area contributed by atoms with Gasteiger partial charge >= 0.3 is 0 Å². The van der Waals surface area contributed by atoms with Gasteiger partial charge in [0.25, 0.3) is 0 Å². The fourth-order valence-electron chi connectivity index (χ4n) is 2.97. The Morgan fingerprint density at radius 2 is 1.76 bits per heavy atom. The van der Waals surface area contributed by atoms with Crippen molar-refractivity contribution in [1.29, 1.82) is 0 Å². The van der Waals surface area contributed by atoms with Gasteiger partial charge in [0.15, 0.2) is 0 Å². The van der Waals surface area contributed by atoms with E-state index < -0.39 is 18.1 Å². The predicted molar refractivity (Wildman–Crippen MR) is 95.7 cm³/mol. The second-order valence-corrected chi connectivity index (χ2v) is 6.23. The van der Waals surface area contributed by atoms with E-state index in [1.54, 1.807) is 0 Å². The van der Waals surface area contributed by atoms with Gasteiger partial charge in [-0.25, -0.2) is 0 Å². The minimum absolute atomic E-state index is 0.262. The molecule has 3 N–H and O–H groups in total. The SMILES string of the molecule is NC(=O)[C@H](Cc1ccc(-c2ccccc2)cc1)NC(=O)[C@H]1CCCO1. The lowest BCUT2D eigenvalue weighted by atomic mass is 10.00. The highest BCUT2D eigenvalue weighted by molar-refractivity contribution is 5.88. The van der Waals surface area contributed by atoms with Gasteiger partial charge in [-0.3, -0.25) is 9.59 Å². The van der Waals surface area contributed by atoms with Crippen LogP contribution in [0.3, 0.4) is 0 Å². The Morgan fingerprint density at radius 3 is 2.36 bits per heavy atom. The van der Waals surface area contributed by atoms with Gasteiger partial charge in [0.2, 0.25) is 11.8 Å². The van der Waals surface area contributed by atoms with Gasteiger partial charge in [-0.05, 0) is 29.5 Å². The summed E-state index contributed by atoms with van der Waals surface area (Å²) in [5, 5.41) is 2.71. The van der Waals surface area contributed by atoms with E-state index in [9.17, 15) is 9.59 Å². The van der Waals surface area contributed by atoms with Crippen LogP contribution >= 0.6 is 0 Å². The van der Waals surface area contributed by atoms with E-state index in [4.69, 9.17) is 10.5 Å². The van der Waals surface area contributed by atoms with Crippen LogP contribution in [0.1, 0.15) is 18.4 Å². The molecule has 2 aromatic rings. The molecule has 2 atom stereocenters. The van der Waals surface area contributed by atoms with Gasteiger partial charge in [0.05, 0.1) is 0 Å². The van der Waals surface area contributed by atoms with Gasteiger partial charge in [0.1, 0.15) is 12.1 Å². The summed E-state index contributed by atoms with van der Waals surface area (Å²) < 4.78 is 5.35. The number of carbonyl (C=O) groups excluding carboxylic acids is 2. The maximum atomic E-state index is 12.1. The summed E-state index contributed by atoms with van der Waals surface area (Å²) in [7, 11) is 0. The lowest BCUT2D eigenvalue weighted by Crippen LogP contribution is -2.49. The summed E-state index contributed by atoms with van der Waals surface area (Å²) in [6.07, 6.45) is 1.44. The highest BCUT2D eigenvalue weighted by atomic mass is 16.5. The molecule has 0 radical (unpaired) electrons. The van der Waals surface area contributed by atoms with Crippen molar-refractivity contribution in [1.82, 2.24) is 5.32 Å². The number of ether oxygens (including phenoxy) is 1. The zero-order valence-corrected chi connectivity index (χ0v) is 14.0. The summed E-state index contributed by atoms with van der Waals surface area (Å²) in [5.74, 6) is -0.805. The lowest BCUT2D eigenvalue weighted by Gasteiger charge is -2.18. The van der Waals surface area contributed by atoms with E-state index >= 15 is 0 Å². The van der Waals surface area contributed by atoms with Crippen molar-refractivity contribution in [2.75, 3.05) is 6.61 Å². The molecular formula is C20H22N2O3. The molecule has 0 saturated carbocycles. The number of nitrogens with one attached hydrogen (secondary N) is 1. The lowest BCUT2D eigenvalue weighted by molar-refractivity contribution is -0.133. The number of nitrogens with two attached hydrogens (primary N) is 1. The number of hydrogen-bond acceptors (Lipinski definition) is 3. The van der Waals surface area contributed by atoms with E-state index in [1.807, 2.05) is 54.6 Å². The fourth-order valence-corrected chi connectivity index (χ4v) is 2.97. The normalized spacial score (nSPS) is 17.8. The first-order valence-electron chi connectivity index (χ1n) is 8.49. The first-order chi connectivity index (χ1) is 12.1.